The Morgan fingerprint density at radius 1 is 0.912 bits per heavy atom. The maximum absolute atomic E-state index is 12.1. The molecule has 1 aromatic heterocycles. The summed E-state index contributed by atoms with van der Waals surface area (Å²) in [5, 5.41) is 0. The highest BCUT2D eigenvalue weighted by atomic mass is 32.1. The van der Waals surface area contributed by atoms with Crippen LogP contribution in [-0.4, -0.2) is 36.8 Å². The van der Waals surface area contributed by atoms with Crippen LogP contribution in [0.2, 0.25) is 0 Å². The van der Waals surface area contributed by atoms with Crippen molar-refractivity contribution in [3.05, 3.63) is 81.4 Å². The largest absolute Gasteiger partial charge is 0.497 e. The second-order valence-electron chi connectivity index (χ2n) is 7.34. The molecule has 176 valence electrons. The van der Waals surface area contributed by atoms with E-state index in [-0.39, 0.29) is 12.4 Å². The molecule has 0 atom stereocenters. The number of carbonyl (C=O) groups is 1. The number of aromatic amines is 1. The molecule has 0 saturated carbocycles. The molecule has 0 saturated heterocycles. The third kappa shape index (κ3) is 7.15. The van der Waals surface area contributed by atoms with Crippen LogP contribution < -0.4 is 9.47 Å². The number of H-pyrrole nitrogens is 1. The summed E-state index contributed by atoms with van der Waals surface area (Å²) in [5.74, 6) is 1.33. The molecule has 3 rings (SSSR count). The number of methoxy groups -OCH3 is 2. The van der Waals surface area contributed by atoms with Crippen LogP contribution in [0.15, 0.2) is 48.5 Å². The Labute approximate surface area is 204 Å². The SMILES string of the molecule is CCOC(=O)CCc1c(/C=C/c2ccc(OC)cc2)nc(=S)[nH]c1/C=C/c1ccc(OC)cc1. The second-order valence-corrected chi connectivity index (χ2v) is 7.72. The summed E-state index contributed by atoms with van der Waals surface area (Å²) in [6, 6.07) is 15.5. The second kappa shape index (κ2) is 12.5. The first-order valence-electron chi connectivity index (χ1n) is 11.0. The highest BCUT2D eigenvalue weighted by Crippen LogP contribution is 2.21. The van der Waals surface area contributed by atoms with E-state index in [1.54, 1.807) is 21.1 Å². The zero-order chi connectivity index (χ0) is 24.3. The molecule has 0 aliphatic heterocycles. The van der Waals surface area contributed by atoms with Crippen LogP contribution in [-0.2, 0) is 16.0 Å². The number of hydrogen-bond donors (Lipinski definition) is 1. The van der Waals surface area contributed by atoms with Crippen molar-refractivity contribution >= 4 is 42.5 Å². The minimum atomic E-state index is -0.250. The van der Waals surface area contributed by atoms with Gasteiger partial charge in [0.15, 0.2) is 4.77 Å². The summed E-state index contributed by atoms with van der Waals surface area (Å²) < 4.78 is 15.9. The fraction of sp³-hybridized carbons (Fsp3) is 0.222. The molecule has 1 heterocycles. The fourth-order valence-corrected chi connectivity index (χ4v) is 3.53. The van der Waals surface area contributed by atoms with Crippen LogP contribution in [0, 0.1) is 4.77 Å². The molecule has 34 heavy (non-hydrogen) atoms. The third-order valence-corrected chi connectivity index (χ3v) is 5.28. The summed E-state index contributed by atoms with van der Waals surface area (Å²) in [4.78, 5) is 19.7. The van der Waals surface area contributed by atoms with Gasteiger partial charge in [0.1, 0.15) is 11.5 Å². The average Bonchev–Trinajstić information content (AvgIpc) is 2.86. The number of benzene rings is 2. The van der Waals surface area contributed by atoms with Gasteiger partial charge >= 0.3 is 5.97 Å². The zero-order valence-electron chi connectivity index (χ0n) is 19.5. The number of aromatic nitrogens is 2. The number of carbonyl (C=O) groups excluding carboxylic acids is 1. The standard InChI is InChI=1S/C27H28N2O4S/c1-4-33-26(30)18-15-23-24(16-9-19-5-11-21(31-2)12-6-19)28-27(34)29-25(23)17-10-20-7-13-22(32-3)14-8-20/h5-14,16-17H,4,15,18H2,1-3H3,(H,28,29,34)/b16-9+,17-10+. The van der Waals surface area contributed by atoms with Crippen LogP contribution in [0.25, 0.3) is 24.3 Å². The van der Waals surface area contributed by atoms with Gasteiger partial charge in [-0.1, -0.05) is 36.4 Å². The quantitative estimate of drug-likeness (QED) is 0.286. The topological polar surface area (TPSA) is 73.4 Å². The minimum absolute atomic E-state index is 0.243. The van der Waals surface area contributed by atoms with Gasteiger partial charge in [-0.2, -0.15) is 0 Å². The van der Waals surface area contributed by atoms with Crippen LogP contribution in [0.3, 0.4) is 0 Å². The van der Waals surface area contributed by atoms with E-state index in [1.807, 2.05) is 72.8 Å². The summed E-state index contributed by atoms with van der Waals surface area (Å²) in [6.07, 6.45) is 8.50. The summed E-state index contributed by atoms with van der Waals surface area (Å²) in [7, 11) is 3.27. The lowest BCUT2D eigenvalue weighted by molar-refractivity contribution is -0.143. The van der Waals surface area contributed by atoms with Crippen molar-refractivity contribution in [3.8, 4) is 11.5 Å². The van der Waals surface area contributed by atoms with E-state index in [2.05, 4.69) is 9.97 Å². The minimum Gasteiger partial charge on any atom is -0.497 e. The Morgan fingerprint density at radius 3 is 2.00 bits per heavy atom. The molecule has 7 heteroatoms. The van der Waals surface area contributed by atoms with E-state index >= 15 is 0 Å². The van der Waals surface area contributed by atoms with Gasteiger partial charge in [-0.3, -0.25) is 4.79 Å². The van der Waals surface area contributed by atoms with E-state index in [1.165, 1.54) is 0 Å². The van der Waals surface area contributed by atoms with Gasteiger partial charge in [-0.25, -0.2) is 4.98 Å². The molecule has 0 spiro atoms. The molecule has 3 aromatic rings. The van der Waals surface area contributed by atoms with E-state index in [0.717, 1.165) is 33.9 Å². The summed E-state index contributed by atoms with van der Waals surface area (Å²) in [5.41, 5.74) is 4.39. The van der Waals surface area contributed by atoms with Crippen LogP contribution >= 0.6 is 12.2 Å². The van der Waals surface area contributed by atoms with E-state index in [0.29, 0.717) is 23.5 Å². The Kier molecular flexibility index (Phi) is 9.17. The molecule has 1 N–H and O–H groups in total. The lowest BCUT2D eigenvalue weighted by Gasteiger charge is -2.10. The van der Waals surface area contributed by atoms with Crippen molar-refractivity contribution < 1.29 is 19.0 Å². The Hall–Kier alpha value is -3.71. The summed E-state index contributed by atoms with van der Waals surface area (Å²) in [6.45, 7) is 2.15. The molecule has 0 aliphatic carbocycles. The van der Waals surface area contributed by atoms with Gasteiger partial charge in [0.2, 0.25) is 0 Å². The lowest BCUT2D eigenvalue weighted by Crippen LogP contribution is -2.08. The van der Waals surface area contributed by atoms with Crippen molar-refractivity contribution in [3.63, 3.8) is 0 Å². The molecule has 0 radical (unpaired) electrons. The maximum Gasteiger partial charge on any atom is 0.306 e. The predicted molar refractivity (Wildman–Crippen MR) is 138 cm³/mol. The Morgan fingerprint density at radius 2 is 1.47 bits per heavy atom. The van der Waals surface area contributed by atoms with Crippen LogP contribution in [0.5, 0.6) is 11.5 Å². The first-order valence-corrected chi connectivity index (χ1v) is 11.4. The van der Waals surface area contributed by atoms with Crippen molar-refractivity contribution in [1.29, 1.82) is 0 Å². The lowest BCUT2D eigenvalue weighted by atomic mass is 10.0. The monoisotopic (exact) mass is 476 g/mol. The Balaban J connectivity index is 1.95. The Bertz CT molecular complexity index is 1130. The van der Waals surface area contributed by atoms with Gasteiger partial charge < -0.3 is 19.2 Å². The number of hydrogen-bond acceptors (Lipinski definition) is 6. The van der Waals surface area contributed by atoms with Crippen molar-refractivity contribution in [1.82, 2.24) is 9.97 Å². The van der Waals surface area contributed by atoms with Crippen LogP contribution in [0.4, 0.5) is 0 Å². The molecule has 0 unspecified atom stereocenters. The number of ether oxygens (including phenoxy) is 3. The van der Waals surface area contributed by atoms with Gasteiger partial charge in [-0.15, -0.1) is 0 Å². The molecule has 0 amide bonds. The normalized spacial score (nSPS) is 11.1. The van der Waals surface area contributed by atoms with Gasteiger partial charge in [-0.05, 0) is 73.1 Å². The van der Waals surface area contributed by atoms with Crippen molar-refractivity contribution in [2.45, 2.75) is 19.8 Å². The number of esters is 1. The first-order chi connectivity index (χ1) is 16.5. The molecule has 2 aromatic carbocycles. The third-order valence-electron chi connectivity index (χ3n) is 5.09. The zero-order valence-corrected chi connectivity index (χ0v) is 20.4. The maximum atomic E-state index is 12.1. The molecule has 6 nitrogen and oxygen atoms in total. The number of nitrogens with one attached hydrogen (secondary N) is 1. The molecule has 0 bridgehead atoms. The fourth-order valence-electron chi connectivity index (χ4n) is 3.32. The van der Waals surface area contributed by atoms with Crippen molar-refractivity contribution in [2.75, 3.05) is 20.8 Å². The molecular weight excluding hydrogens is 448 g/mol. The molecule has 0 fully saturated rings. The smallest absolute Gasteiger partial charge is 0.306 e. The van der Waals surface area contributed by atoms with Gasteiger partial charge in [0.05, 0.1) is 26.5 Å². The highest BCUT2D eigenvalue weighted by Gasteiger charge is 2.11. The number of rotatable bonds is 10. The van der Waals surface area contributed by atoms with Gasteiger partial charge in [0, 0.05) is 17.7 Å². The molecular formula is C27H28N2O4S. The van der Waals surface area contributed by atoms with Crippen LogP contribution in [0.1, 0.15) is 41.4 Å². The van der Waals surface area contributed by atoms with E-state index < -0.39 is 0 Å². The average molecular weight is 477 g/mol. The first kappa shape index (κ1) is 24.9. The van der Waals surface area contributed by atoms with Gasteiger partial charge in [0.25, 0.3) is 0 Å². The van der Waals surface area contributed by atoms with Crippen molar-refractivity contribution in [2.24, 2.45) is 0 Å². The predicted octanol–water partition coefficient (Wildman–Crippen LogP) is 5.99. The molecule has 0 aliphatic rings. The van der Waals surface area contributed by atoms with E-state index in [9.17, 15) is 4.79 Å². The number of nitrogens with zero attached hydrogens (tertiary/aromatic N) is 1. The summed E-state index contributed by atoms with van der Waals surface area (Å²) >= 11 is 5.39. The van der Waals surface area contributed by atoms with E-state index in [4.69, 9.17) is 26.4 Å². The highest BCUT2D eigenvalue weighted by molar-refractivity contribution is 7.71.